The molecule has 8 heteroatoms. The second-order valence-electron chi connectivity index (χ2n) is 5.97. The Kier molecular flexibility index (Phi) is 4.94. The molecule has 2 aromatic heterocycles. The van der Waals surface area contributed by atoms with E-state index < -0.39 is 5.78 Å². The number of carbonyl (C=O) groups excluding carboxylic acids is 2. The van der Waals surface area contributed by atoms with Crippen LogP contribution in [0.3, 0.4) is 0 Å². The smallest absolute Gasteiger partial charge is 0.306 e. The number of aromatic nitrogens is 3. The molecule has 0 unspecified atom stereocenters. The molecule has 0 saturated carbocycles. The monoisotopic (exact) mass is 393 g/mol. The highest BCUT2D eigenvalue weighted by Crippen LogP contribution is 2.29. The van der Waals surface area contributed by atoms with Gasteiger partial charge in [0.15, 0.2) is 5.01 Å². The van der Waals surface area contributed by atoms with Crippen molar-refractivity contribution in [2.24, 2.45) is 0 Å². The fourth-order valence-corrected chi connectivity index (χ4v) is 3.62. The summed E-state index contributed by atoms with van der Waals surface area (Å²) >= 11 is 1.28. The summed E-state index contributed by atoms with van der Waals surface area (Å²) in [5, 5.41) is 7.87. The lowest BCUT2D eigenvalue weighted by atomic mass is 10.1. The van der Waals surface area contributed by atoms with Gasteiger partial charge in [-0.1, -0.05) is 36.4 Å². The van der Waals surface area contributed by atoms with Gasteiger partial charge in [0.05, 0.1) is 23.7 Å². The minimum Gasteiger partial charge on any atom is -0.469 e. The first kappa shape index (κ1) is 18.0. The van der Waals surface area contributed by atoms with Gasteiger partial charge in [0.2, 0.25) is 5.89 Å². The lowest BCUT2D eigenvalue weighted by Gasteiger charge is -2.00. The Labute approximate surface area is 164 Å². The van der Waals surface area contributed by atoms with Crippen molar-refractivity contribution in [3.63, 3.8) is 0 Å². The van der Waals surface area contributed by atoms with Gasteiger partial charge in [-0.3, -0.25) is 9.59 Å². The van der Waals surface area contributed by atoms with Gasteiger partial charge in [-0.05, 0) is 23.3 Å². The summed E-state index contributed by atoms with van der Waals surface area (Å²) in [7, 11) is 1.31. The summed E-state index contributed by atoms with van der Waals surface area (Å²) in [5.41, 5.74) is 2.88. The van der Waals surface area contributed by atoms with Gasteiger partial charge < -0.3 is 9.15 Å². The second kappa shape index (κ2) is 7.69. The standard InChI is InChI=1S/C20H15N3O4S/c1-26-17(24)10-9-16-22-23-19(27-16)18(25)20-21-14-8-7-13(11-15(14)28-20)12-5-3-2-4-6-12/h2-8,11H,9-10H2,1H3. The first-order chi connectivity index (χ1) is 13.6. The van der Waals surface area contributed by atoms with Gasteiger partial charge in [0, 0.05) is 6.42 Å². The van der Waals surface area contributed by atoms with Crippen LogP contribution in [0.5, 0.6) is 0 Å². The third-order valence-corrected chi connectivity index (χ3v) is 5.14. The number of methoxy groups -OCH3 is 1. The predicted octanol–water partition coefficient (Wildman–Crippen LogP) is 3.68. The molecule has 0 amide bonds. The van der Waals surface area contributed by atoms with Crippen molar-refractivity contribution in [2.75, 3.05) is 7.11 Å². The Morgan fingerprint density at radius 2 is 1.89 bits per heavy atom. The van der Waals surface area contributed by atoms with E-state index in [0.717, 1.165) is 21.3 Å². The largest absolute Gasteiger partial charge is 0.469 e. The molecule has 2 heterocycles. The lowest BCUT2D eigenvalue weighted by molar-refractivity contribution is -0.140. The van der Waals surface area contributed by atoms with Crippen molar-refractivity contribution in [1.82, 2.24) is 15.2 Å². The topological polar surface area (TPSA) is 95.2 Å². The third kappa shape index (κ3) is 3.67. The fourth-order valence-electron chi connectivity index (χ4n) is 2.68. The summed E-state index contributed by atoms with van der Waals surface area (Å²) in [5.74, 6) is -0.742. The number of nitrogens with zero attached hydrogens (tertiary/aromatic N) is 3. The molecule has 0 atom stereocenters. The number of esters is 1. The van der Waals surface area contributed by atoms with Crippen LogP contribution >= 0.6 is 11.3 Å². The van der Waals surface area contributed by atoms with Crippen LogP contribution in [-0.2, 0) is 16.0 Å². The Balaban J connectivity index is 1.56. The van der Waals surface area contributed by atoms with Crippen LogP contribution in [0.15, 0.2) is 52.9 Å². The summed E-state index contributed by atoms with van der Waals surface area (Å²) < 4.78 is 10.8. The summed E-state index contributed by atoms with van der Waals surface area (Å²) in [6.45, 7) is 0. The summed E-state index contributed by atoms with van der Waals surface area (Å²) in [6, 6.07) is 15.9. The number of thiazole rings is 1. The van der Waals surface area contributed by atoms with Crippen LogP contribution < -0.4 is 0 Å². The highest BCUT2D eigenvalue weighted by Gasteiger charge is 2.21. The molecular formula is C20H15N3O4S. The molecule has 4 aromatic rings. The van der Waals surface area contributed by atoms with Crippen LogP contribution in [-0.4, -0.2) is 34.0 Å². The molecule has 28 heavy (non-hydrogen) atoms. The molecular weight excluding hydrogens is 378 g/mol. The third-order valence-electron chi connectivity index (χ3n) is 4.12. The molecule has 2 aromatic carbocycles. The molecule has 7 nitrogen and oxygen atoms in total. The number of rotatable bonds is 6. The van der Waals surface area contributed by atoms with E-state index >= 15 is 0 Å². The molecule has 0 aliphatic rings. The zero-order chi connectivity index (χ0) is 19.5. The van der Waals surface area contributed by atoms with E-state index in [1.54, 1.807) is 0 Å². The van der Waals surface area contributed by atoms with Crippen molar-refractivity contribution in [3.8, 4) is 11.1 Å². The van der Waals surface area contributed by atoms with Crippen molar-refractivity contribution in [1.29, 1.82) is 0 Å². The molecule has 0 spiro atoms. The number of ether oxygens (including phenoxy) is 1. The van der Waals surface area contributed by atoms with Crippen molar-refractivity contribution >= 4 is 33.3 Å². The first-order valence-electron chi connectivity index (χ1n) is 8.54. The molecule has 0 N–H and O–H groups in total. The number of ketones is 1. The van der Waals surface area contributed by atoms with E-state index in [1.807, 2.05) is 48.5 Å². The van der Waals surface area contributed by atoms with E-state index in [1.165, 1.54) is 18.4 Å². The minimum absolute atomic E-state index is 0.107. The second-order valence-corrected chi connectivity index (χ2v) is 7.00. The van der Waals surface area contributed by atoms with E-state index in [0.29, 0.717) is 0 Å². The molecule has 0 aliphatic heterocycles. The maximum atomic E-state index is 12.6. The van der Waals surface area contributed by atoms with E-state index in [4.69, 9.17) is 4.42 Å². The van der Waals surface area contributed by atoms with Gasteiger partial charge in [-0.25, -0.2) is 4.98 Å². The number of hydrogen-bond donors (Lipinski definition) is 0. The zero-order valence-electron chi connectivity index (χ0n) is 14.9. The highest BCUT2D eigenvalue weighted by molar-refractivity contribution is 7.20. The SMILES string of the molecule is COC(=O)CCc1nnc(C(=O)c2nc3ccc(-c4ccccc4)cc3s2)o1. The van der Waals surface area contributed by atoms with Gasteiger partial charge in [0.1, 0.15) is 0 Å². The predicted molar refractivity (Wildman–Crippen MR) is 103 cm³/mol. The van der Waals surface area contributed by atoms with Crippen molar-refractivity contribution in [2.45, 2.75) is 12.8 Å². The Morgan fingerprint density at radius 1 is 1.07 bits per heavy atom. The quantitative estimate of drug-likeness (QED) is 0.364. The number of hydrogen-bond acceptors (Lipinski definition) is 8. The van der Waals surface area contributed by atoms with E-state index in [-0.39, 0.29) is 35.6 Å². The summed E-state index contributed by atoms with van der Waals surface area (Å²) in [6.07, 6.45) is 0.322. The van der Waals surface area contributed by atoms with E-state index in [2.05, 4.69) is 19.9 Å². The highest BCUT2D eigenvalue weighted by atomic mass is 32.1. The number of aryl methyl sites for hydroxylation is 1. The van der Waals surface area contributed by atoms with Gasteiger partial charge >= 0.3 is 5.97 Å². The van der Waals surface area contributed by atoms with Gasteiger partial charge in [-0.2, -0.15) is 0 Å². The maximum absolute atomic E-state index is 12.6. The molecule has 140 valence electrons. The summed E-state index contributed by atoms with van der Waals surface area (Å²) in [4.78, 5) is 28.2. The average molecular weight is 393 g/mol. The number of carbonyl (C=O) groups is 2. The normalized spacial score (nSPS) is 10.9. The Hall–Kier alpha value is -3.39. The lowest BCUT2D eigenvalue weighted by Crippen LogP contribution is -2.02. The first-order valence-corrected chi connectivity index (χ1v) is 9.35. The number of benzene rings is 2. The Bertz CT molecular complexity index is 1150. The van der Waals surface area contributed by atoms with Crippen LogP contribution in [0.25, 0.3) is 21.3 Å². The van der Waals surface area contributed by atoms with Crippen LogP contribution in [0.1, 0.15) is 28.0 Å². The van der Waals surface area contributed by atoms with Gasteiger partial charge in [-0.15, -0.1) is 21.5 Å². The van der Waals surface area contributed by atoms with Crippen LogP contribution in [0.4, 0.5) is 0 Å². The van der Waals surface area contributed by atoms with Crippen molar-refractivity contribution in [3.05, 3.63) is 65.3 Å². The molecule has 0 bridgehead atoms. The average Bonchev–Trinajstić information content (AvgIpc) is 3.38. The molecule has 4 rings (SSSR count). The van der Waals surface area contributed by atoms with Crippen molar-refractivity contribution < 1.29 is 18.7 Å². The zero-order valence-corrected chi connectivity index (χ0v) is 15.7. The maximum Gasteiger partial charge on any atom is 0.306 e. The van der Waals surface area contributed by atoms with Crippen LogP contribution in [0, 0.1) is 0 Å². The minimum atomic E-state index is -0.431. The molecule has 0 saturated heterocycles. The van der Waals surface area contributed by atoms with Gasteiger partial charge in [0.25, 0.3) is 11.7 Å². The molecule has 0 fully saturated rings. The van der Waals surface area contributed by atoms with E-state index in [9.17, 15) is 9.59 Å². The fraction of sp³-hybridized carbons (Fsp3) is 0.150. The molecule has 0 aliphatic carbocycles. The van der Waals surface area contributed by atoms with Crippen LogP contribution in [0.2, 0.25) is 0 Å². The molecule has 0 radical (unpaired) electrons. The number of fused-ring (bicyclic) bond motifs is 1. The Morgan fingerprint density at radius 3 is 2.68 bits per heavy atom.